The van der Waals surface area contributed by atoms with Crippen LogP contribution in [0.2, 0.25) is 0 Å². The zero-order valence-electron chi connectivity index (χ0n) is 18.8. The second kappa shape index (κ2) is 8.38. The number of nitrogens with zero attached hydrogens (tertiary/aromatic N) is 2. The zero-order chi connectivity index (χ0) is 22.4. The molecule has 0 spiro atoms. The van der Waals surface area contributed by atoms with E-state index >= 15 is 0 Å². The molecule has 4 aromatic carbocycles. The summed E-state index contributed by atoms with van der Waals surface area (Å²) in [5.41, 5.74) is 9.22. The SMILES string of the molecule is NP1(=O)N(Cc2cccc3ccccc23)C2CCCC[C@@H]2N1Cc1cccc2ccccc12. The van der Waals surface area contributed by atoms with E-state index in [-0.39, 0.29) is 12.1 Å². The molecule has 2 unspecified atom stereocenters. The summed E-state index contributed by atoms with van der Waals surface area (Å²) < 4.78 is 18.7. The van der Waals surface area contributed by atoms with E-state index in [0.717, 1.165) is 12.8 Å². The first-order chi connectivity index (χ1) is 16.1. The van der Waals surface area contributed by atoms with Crippen molar-refractivity contribution < 1.29 is 4.57 Å². The lowest BCUT2D eigenvalue weighted by atomic mass is 9.89. The van der Waals surface area contributed by atoms with Gasteiger partial charge in [0.25, 0.3) is 7.59 Å². The Morgan fingerprint density at radius 3 is 1.58 bits per heavy atom. The van der Waals surface area contributed by atoms with Crippen LogP contribution in [0.1, 0.15) is 36.8 Å². The molecule has 0 bridgehead atoms. The molecule has 6 rings (SSSR count). The Morgan fingerprint density at radius 2 is 1.09 bits per heavy atom. The molecular formula is C28H30N3OP. The number of fused-ring (bicyclic) bond motifs is 3. The zero-order valence-corrected chi connectivity index (χ0v) is 19.7. The average Bonchev–Trinajstić information content (AvgIpc) is 3.06. The molecule has 168 valence electrons. The Kier molecular flexibility index (Phi) is 5.35. The van der Waals surface area contributed by atoms with Gasteiger partial charge >= 0.3 is 0 Å². The molecule has 2 fully saturated rings. The summed E-state index contributed by atoms with van der Waals surface area (Å²) in [6.07, 6.45) is 4.47. The van der Waals surface area contributed by atoms with Crippen molar-refractivity contribution in [3.8, 4) is 0 Å². The Balaban J connectivity index is 1.38. The van der Waals surface area contributed by atoms with Crippen molar-refractivity contribution in [3.63, 3.8) is 0 Å². The fourth-order valence-corrected chi connectivity index (χ4v) is 8.40. The first-order valence-corrected chi connectivity index (χ1v) is 13.7. The molecule has 2 N–H and O–H groups in total. The van der Waals surface area contributed by atoms with Gasteiger partial charge < -0.3 is 0 Å². The van der Waals surface area contributed by atoms with Crippen LogP contribution in [0.3, 0.4) is 0 Å². The van der Waals surface area contributed by atoms with E-state index in [2.05, 4.69) is 94.3 Å². The van der Waals surface area contributed by atoms with Gasteiger partial charge in [0, 0.05) is 25.2 Å². The molecule has 4 aromatic rings. The number of nitrogens with two attached hydrogens (primary N) is 1. The largest absolute Gasteiger partial charge is 0.282 e. The molecule has 4 nitrogen and oxygen atoms in total. The fourth-order valence-electron chi connectivity index (χ4n) is 6.01. The number of hydrogen-bond acceptors (Lipinski definition) is 1. The highest BCUT2D eigenvalue weighted by Gasteiger charge is 2.53. The van der Waals surface area contributed by atoms with Crippen LogP contribution < -0.4 is 5.50 Å². The second-order valence-corrected chi connectivity index (χ2v) is 11.7. The third-order valence-corrected chi connectivity index (χ3v) is 9.97. The predicted molar refractivity (Wildman–Crippen MR) is 137 cm³/mol. The van der Waals surface area contributed by atoms with Crippen LogP contribution in [0.5, 0.6) is 0 Å². The van der Waals surface area contributed by atoms with E-state index < -0.39 is 7.59 Å². The van der Waals surface area contributed by atoms with Crippen molar-refractivity contribution in [2.75, 3.05) is 0 Å². The third-order valence-electron chi connectivity index (χ3n) is 7.62. The van der Waals surface area contributed by atoms with Crippen molar-refractivity contribution in [2.24, 2.45) is 5.50 Å². The summed E-state index contributed by atoms with van der Waals surface area (Å²) in [5.74, 6) is 0. The lowest BCUT2D eigenvalue weighted by molar-refractivity contribution is 0.198. The van der Waals surface area contributed by atoms with Crippen molar-refractivity contribution >= 4 is 29.1 Å². The predicted octanol–water partition coefficient (Wildman–Crippen LogP) is 6.69. The van der Waals surface area contributed by atoms with Gasteiger partial charge in [0.05, 0.1) is 0 Å². The Hall–Kier alpha value is -2.49. The second-order valence-electron chi connectivity index (χ2n) is 9.48. The minimum atomic E-state index is -3.19. The van der Waals surface area contributed by atoms with E-state index in [1.54, 1.807) is 0 Å². The summed E-state index contributed by atoms with van der Waals surface area (Å²) in [7, 11) is -3.19. The number of rotatable bonds is 4. The molecule has 5 heteroatoms. The van der Waals surface area contributed by atoms with Gasteiger partial charge in [-0.25, -0.2) is 9.34 Å². The highest BCUT2D eigenvalue weighted by molar-refractivity contribution is 7.56. The number of hydrogen-bond donors (Lipinski definition) is 1. The molecule has 1 heterocycles. The summed E-state index contributed by atoms with van der Waals surface area (Å²) in [6.45, 7) is 1.25. The average molecular weight is 456 g/mol. The van der Waals surface area contributed by atoms with Gasteiger partial charge in [-0.15, -0.1) is 0 Å². The van der Waals surface area contributed by atoms with E-state index in [9.17, 15) is 4.57 Å². The molecule has 1 aliphatic carbocycles. The lowest BCUT2D eigenvalue weighted by Gasteiger charge is -2.31. The molecule has 3 atom stereocenters. The van der Waals surface area contributed by atoms with Crippen LogP contribution in [0.25, 0.3) is 21.5 Å². The smallest absolute Gasteiger partial charge is 0.271 e. The van der Waals surface area contributed by atoms with Gasteiger partial charge in [-0.3, -0.25) is 10.1 Å². The Bertz CT molecular complexity index is 1260. The summed E-state index contributed by atoms with van der Waals surface area (Å²) in [4.78, 5) is 0. The maximum absolute atomic E-state index is 14.4. The monoisotopic (exact) mass is 455 g/mol. The summed E-state index contributed by atoms with van der Waals surface area (Å²) in [5, 5.41) is 4.88. The molecule has 1 aliphatic heterocycles. The molecule has 0 aromatic heterocycles. The van der Waals surface area contributed by atoms with Gasteiger partial charge in [0.15, 0.2) is 0 Å². The molecule has 1 saturated carbocycles. The highest BCUT2D eigenvalue weighted by Crippen LogP contribution is 2.59. The third kappa shape index (κ3) is 3.62. The molecule has 33 heavy (non-hydrogen) atoms. The van der Waals surface area contributed by atoms with Gasteiger partial charge in [-0.1, -0.05) is 97.8 Å². The van der Waals surface area contributed by atoms with Crippen LogP contribution >= 0.6 is 7.59 Å². The topological polar surface area (TPSA) is 49.6 Å². The standard InChI is InChI=1S/C28H30N3OP/c29-33(32)30(19-23-13-7-11-21-9-1-3-15-25(21)23)27-17-5-6-18-28(27)31(33)20-24-14-8-12-22-10-2-4-16-26(22)24/h1-4,7-16,27-28H,5-6,17-20H2,(H2,29,32)/t27-,28?,33?/m0/s1. The number of benzene rings is 4. The summed E-state index contributed by atoms with van der Waals surface area (Å²) >= 11 is 0. The molecular weight excluding hydrogens is 425 g/mol. The molecule has 0 amide bonds. The highest BCUT2D eigenvalue weighted by atomic mass is 31.2. The fraction of sp³-hybridized carbons (Fsp3) is 0.286. The maximum atomic E-state index is 14.4. The van der Waals surface area contributed by atoms with Crippen molar-refractivity contribution in [3.05, 3.63) is 96.1 Å². The normalized spacial score (nSPS) is 26.1. The van der Waals surface area contributed by atoms with Crippen LogP contribution in [0.4, 0.5) is 0 Å². The van der Waals surface area contributed by atoms with E-state index in [0.29, 0.717) is 13.1 Å². The molecule has 1 saturated heterocycles. The van der Waals surface area contributed by atoms with Crippen LogP contribution in [0, 0.1) is 0 Å². The Labute approximate surface area is 195 Å². The van der Waals surface area contributed by atoms with E-state index in [4.69, 9.17) is 5.50 Å². The summed E-state index contributed by atoms with van der Waals surface area (Å²) in [6, 6.07) is 30.2. The first kappa shape index (κ1) is 21.1. The van der Waals surface area contributed by atoms with E-state index in [1.807, 2.05) is 0 Å². The Morgan fingerprint density at radius 1 is 0.667 bits per heavy atom. The maximum Gasteiger partial charge on any atom is 0.282 e. The minimum Gasteiger partial charge on any atom is -0.271 e. The van der Waals surface area contributed by atoms with E-state index in [1.165, 1.54) is 45.5 Å². The van der Waals surface area contributed by atoms with Gasteiger partial charge in [0.2, 0.25) is 0 Å². The molecule has 0 radical (unpaired) electrons. The van der Waals surface area contributed by atoms with Crippen LogP contribution in [-0.2, 0) is 17.7 Å². The van der Waals surface area contributed by atoms with Gasteiger partial charge in [0.1, 0.15) is 0 Å². The van der Waals surface area contributed by atoms with Crippen molar-refractivity contribution in [1.82, 2.24) is 9.34 Å². The van der Waals surface area contributed by atoms with Gasteiger partial charge in [-0.2, -0.15) is 0 Å². The molecule has 2 aliphatic rings. The lowest BCUT2D eigenvalue weighted by Crippen LogP contribution is -2.39. The van der Waals surface area contributed by atoms with Gasteiger partial charge in [-0.05, 0) is 45.5 Å². The first-order valence-electron chi connectivity index (χ1n) is 12.0. The van der Waals surface area contributed by atoms with Crippen LogP contribution in [0.15, 0.2) is 84.9 Å². The minimum absolute atomic E-state index is 0.239. The van der Waals surface area contributed by atoms with Crippen molar-refractivity contribution in [2.45, 2.75) is 50.9 Å². The van der Waals surface area contributed by atoms with Crippen LogP contribution in [-0.4, -0.2) is 21.4 Å². The quantitative estimate of drug-likeness (QED) is 0.348. The van der Waals surface area contributed by atoms with Crippen molar-refractivity contribution in [1.29, 1.82) is 0 Å².